The third-order valence-electron chi connectivity index (χ3n) is 8.04. The standard InChI is InChI=1S/C26H31F4N5O3/c1-16(32-22-31-10-7-21(33-22)35-23(36)38-15-24(35,2)19-5-6-19)17-3-4-18(20(27)13-17)14-34-11-8-25(37,9-12-34)26(28,29)30/h3-4,7,10,13,16,19,37H,5-6,8-9,11-12,14-15H2,1-2H3,(H,31,32,33)/t16-,24+/m0/s1. The first-order chi connectivity index (χ1) is 17.9. The fraction of sp³-hybridized carbons (Fsp3) is 0.577. The first-order valence-electron chi connectivity index (χ1n) is 12.8. The topological polar surface area (TPSA) is 90.8 Å². The van der Waals surface area contributed by atoms with E-state index in [1.807, 2.05) is 13.8 Å². The summed E-state index contributed by atoms with van der Waals surface area (Å²) in [7, 11) is 0. The van der Waals surface area contributed by atoms with Gasteiger partial charge in [-0.25, -0.2) is 14.2 Å². The molecule has 2 N–H and O–H groups in total. The number of rotatable bonds is 7. The van der Waals surface area contributed by atoms with Gasteiger partial charge < -0.3 is 15.2 Å². The number of aromatic nitrogens is 2. The molecule has 3 aliphatic rings. The van der Waals surface area contributed by atoms with Crippen LogP contribution in [0.2, 0.25) is 0 Å². The van der Waals surface area contributed by atoms with Crippen molar-refractivity contribution < 1.29 is 32.2 Å². The second kappa shape index (κ2) is 9.64. The van der Waals surface area contributed by atoms with Gasteiger partial charge in [-0.15, -0.1) is 0 Å². The van der Waals surface area contributed by atoms with E-state index in [1.165, 1.54) is 6.07 Å². The van der Waals surface area contributed by atoms with Crippen LogP contribution in [0, 0.1) is 11.7 Å². The molecule has 0 radical (unpaired) electrons. The lowest BCUT2D eigenvalue weighted by Gasteiger charge is -2.39. The van der Waals surface area contributed by atoms with Gasteiger partial charge in [-0.1, -0.05) is 12.1 Å². The van der Waals surface area contributed by atoms with Crippen molar-refractivity contribution in [3.63, 3.8) is 0 Å². The Kier molecular flexibility index (Phi) is 6.75. The summed E-state index contributed by atoms with van der Waals surface area (Å²) in [5.74, 6) is 0.610. The van der Waals surface area contributed by atoms with Gasteiger partial charge in [0, 0.05) is 31.4 Å². The number of likely N-dealkylation sites (tertiary alicyclic amines) is 1. The molecule has 1 aromatic carbocycles. The SMILES string of the molecule is C[C@H](Nc1nccc(N2C(=O)OC[C@]2(C)C2CC2)n1)c1ccc(CN2CCC(O)(C(F)(F)F)CC2)c(F)c1. The van der Waals surface area contributed by atoms with Crippen molar-refractivity contribution in [1.82, 2.24) is 14.9 Å². The fourth-order valence-electron chi connectivity index (χ4n) is 5.29. The molecule has 8 nitrogen and oxygen atoms in total. The summed E-state index contributed by atoms with van der Waals surface area (Å²) in [6.07, 6.45) is -2.37. The average Bonchev–Trinajstić information content (AvgIpc) is 3.67. The van der Waals surface area contributed by atoms with Crippen molar-refractivity contribution in [2.75, 3.05) is 29.9 Å². The molecule has 206 valence electrons. The molecule has 0 bridgehead atoms. The fourth-order valence-corrected chi connectivity index (χ4v) is 5.29. The number of anilines is 2. The summed E-state index contributed by atoms with van der Waals surface area (Å²) >= 11 is 0. The van der Waals surface area contributed by atoms with E-state index in [2.05, 4.69) is 15.3 Å². The number of cyclic esters (lactones) is 1. The molecule has 3 fully saturated rings. The summed E-state index contributed by atoms with van der Waals surface area (Å²) in [6, 6.07) is 6.04. The number of aliphatic hydroxyl groups is 1. The summed E-state index contributed by atoms with van der Waals surface area (Å²) in [6.45, 7) is 4.33. The quantitative estimate of drug-likeness (QED) is 0.490. The van der Waals surface area contributed by atoms with Gasteiger partial charge in [-0.05, 0) is 63.1 Å². The number of carbonyl (C=O) groups excluding carboxylic acids is 1. The summed E-state index contributed by atoms with van der Waals surface area (Å²) < 4.78 is 59.4. The van der Waals surface area contributed by atoms with Crippen LogP contribution in [0.1, 0.15) is 56.7 Å². The molecule has 2 saturated heterocycles. The molecule has 1 aliphatic carbocycles. The number of benzene rings is 1. The zero-order valence-corrected chi connectivity index (χ0v) is 21.3. The van der Waals surface area contributed by atoms with Gasteiger partial charge in [-0.2, -0.15) is 18.2 Å². The number of ether oxygens (including phenoxy) is 1. The molecular formula is C26H31F4N5O3. The minimum atomic E-state index is -4.67. The van der Waals surface area contributed by atoms with E-state index in [1.54, 1.807) is 34.2 Å². The Labute approximate surface area is 218 Å². The zero-order chi connectivity index (χ0) is 27.3. The van der Waals surface area contributed by atoms with Crippen molar-refractivity contribution in [2.45, 2.75) is 69.4 Å². The van der Waals surface area contributed by atoms with E-state index in [-0.39, 0.29) is 31.6 Å². The van der Waals surface area contributed by atoms with Crippen molar-refractivity contribution in [2.24, 2.45) is 5.92 Å². The summed E-state index contributed by atoms with van der Waals surface area (Å²) in [5.41, 5.74) is -2.14. The Balaban J connectivity index is 1.23. The second-order valence-electron chi connectivity index (χ2n) is 10.8. The van der Waals surface area contributed by atoms with Gasteiger partial charge in [0.15, 0.2) is 5.60 Å². The van der Waals surface area contributed by atoms with Gasteiger partial charge in [0.05, 0.1) is 11.6 Å². The first-order valence-corrected chi connectivity index (χ1v) is 12.8. The Hall–Kier alpha value is -2.99. The average molecular weight is 538 g/mol. The number of carbonyl (C=O) groups is 1. The van der Waals surface area contributed by atoms with E-state index in [4.69, 9.17) is 4.74 Å². The highest BCUT2D eigenvalue weighted by Gasteiger charge is 2.55. The maximum Gasteiger partial charge on any atom is 0.417 e. The zero-order valence-electron chi connectivity index (χ0n) is 21.3. The molecule has 0 unspecified atom stereocenters. The predicted molar refractivity (Wildman–Crippen MR) is 131 cm³/mol. The van der Waals surface area contributed by atoms with E-state index >= 15 is 0 Å². The Morgan fingerprint density at radius 2 is 1.95 bits per heavy atom. The number of amides is 1. The van der Waals surface area contributed by atoms with Gasteiger partial charge in [0.25, 0.3) is 0 Å². The normalized spacial score (nSPS) is 24.8. The van der Waals surface area contributed by atoms with Gasteiger partial charge in [0.2, 0.25) is 5.95 Å². The number of hydrogen-bond acceptors (Lipinski definition) is 7. The lowest BCUT2D eigenvalue weighted by atomic mass is 9.90. The molecular weight excluding hydrogens is 506 g/mol. The van der Waals surface area contributed by atoms with E-state index in [9.17, 15) is 27.5 Å². The maximum absolute atomic E-state index is 15.0. The minimum absolute atomic E-state index is 0.0210. The van der Waals surface area contributed by atoms with Crippen molar-refractivity contribution in [1.29, 1.82) is 0 Å². The monoisotopic (exact) mass is 537 g/mol. The predicted octanol–water partition coefficient (Wildman–Crippen LogP) is 4.80. The Morgan fingerprint density at radius 1 is 1.24 bits per heavy atom. The number of alkyl halides is 3. The number of nitrogens with zero attached hydrogens (tertiary/aromatic N) is 4. The molecule has 38 heavy (non-hydrogen) atoms. The molecule has 1 aromatic heterocycles. The summed E-state index contributed by atoms with van der Waals surface area (Å²) in [5, 5.41) is 13.0. The maximum atomic E-state index is 15.0. The van der Waals surface area contributed by atoms with Crippen LogP contribution in [0.3, 0.4) is 0 Å². The molecule has 3 heterocycles. The Morgan fingerprint density at radius 3 is 2.58 bits per heavy atom. The number of halogens is 4. The second-order valence-corrected chi connectivity index (χ2v) is 10.8. The van der Waals surface area contributed by atoms with E-state index < -0.39 is 42.1 Å². The van der Waals surface area contributed by atoms with E-state index in [0.29, 0.717) is 29.5 Å². The molecule has 12 heteroatoms. The van der Waals surface area contributed by atoms with Crippen LogP contribution in [0.15, 0.2) is 30.5 Å². The molecule has 1 saturated carbocycles. The number of nitrogens with one attached hydrogen (secondary N) is 1. The number of piperidine rings is 1. The molecule has 1 amide bonds. The van der Waals surface area contributed by atoms with Crippen LogP contribution < -0.4 is 10.2 Å². The van der Waals surface area contributed by atoms with Crippen LogP contribution in [0.4, 0.5) is 34.1 Å². The van der Waals surface area contributed by atoms with Gasteiger partial charge in [-0.3, -0.25) is 9.80 Å². The van der Waals surface area contributed by atoms with Gasteiger partial charge in [0.1, 0.15) is 18.2 Å². The third-order valence-corrected chi connectivity index (χ3v) is 8.04. The Bertz CT molecular complexity index is 1200. The first kappa shape index (κ1) is 26.6. The highest BCUT2D eigenvalue weighted by Crippen LogP contribution is 2.47. The van der Waals surface area contributed by atoms with Crippen LogP contribution in [0.25, 0.3) is 0 Å². The smallest absolute Gasteiger partial charge is 0.417 e. The molecule has 0 spiro atoms. The molecule has 2 atom stereocenters. The lowest BCUT2D eigenvalue weighted by molar-refractivity contribution is -0.272. The van der Waals surface area contributed by atoms with E-state index in [0.717, 1.165) is 12.8 Å². The minimum Gasteiger partial charge on any atom is -0.447 e. The largest absolute Gasteiger partial charge is 0.447 e. The van der Waals surface area contributed by atoms with Crippen LogP contribution in [0.5, 0.6) is 0 Å². The van der Waals surface area contributed by atoms with Crippen LogP contribution in [-0.2, 0) is 11.3 Å². The highest BCUT2D eigenvalue weighted by atomic mass is 19.4. The van der Waals surface area contributed by atoms with Gasteiger partial charge >= 0.3 is 12.3 Å². The van der Waals surface area contributed by atoms with Crippen LogP contribution >= 0.6 is 0 Å². The molecule has 2 aliphatic heterocycles. The summed E-state index contributed by atoms with van der Waals surface area (Å²) in [4.78, 5) is 24.6. The number of hydrogen-bond donors (Lipinski definition) is 2. The van der Waals surface area contributed by atoms with Crippen molar-refractivity contribution in [3.8, 4) is 0 Å². The van der Waals surface area contributed by atoms with Crippen molar-refractivity contribution >= 4 is 17.9 Å². The van der Waals surface area contributed by atoms with Crippen molar-refractivity contribution in [3.05, 3.63) is 47.4 Å². The third kappa shape index (κ3) is 5.03. The highest BCUT2D eigenvalue weighted by molar-refractivity contribution is 5.90. The van der Waals surface area contributed by atoms with Crippen LogP contribution in [-0.4, -0.2) is 63.1 Å². The molecule has 2 aromatic rings. The molecule has 5 rings (SSSR count). The lowest BCUT2D eigenvalue weighted by Crippen LogP contribution is -2.53.